The van der Waals surface area contributed by atoms with Crippen LogP contribution in [0.2, 0.25) is 0 Å². The van der Waals surface area contributed by atoms with E-state index in [1.165, 1.54) is 0 Å². The summed E-state index contributed by atoms with van der Waals surface area (Å²) < 4.78 is 1.93. The summed E-state index contributed by atoms with van der Waals surface area (Å²) in [5, 5.41) is 19.7. The molecule has 7 heteroatoms. The van der Waals surface area contributed by atoms with Gasteiger partial charge in [0.05, 0.1) is 23.1 Å². The van der Waals surface area contributed by atoms with Crippen molar-refractivity contribution in [3.8, 4) is 0 Å². The molecule has 0 bridgehead atoms. The molecule has 1 heterocycles. The number of hydrogen-bond donors (Lipinski definition) is 4. The molecule has 2 aromatic carbocycles. The number of aromatic nitrogens is 2. The predicted molar refractivity (Wildman–Crippen MR) is 92.5 cm³/mol. The second-order valence-corrected chi connectivity index (χ2v) is 5.44. The highest BCUT2D eigenvalue weighted by molar-refractivity contribution is 5.95. The first-order valence-electron chi connectivity index (χ1n) is 7.32. The molecule has 0 atom stereocenters. The standard InChI is InChI=1S/C17H17N5O2/c1-22-14-7-4-11(17(23)24)8-13(14)21-15(22)9-20-12-5-2-10(3-6-12)16(18)19/h2-8,20H,9H2,1H3,(H3,18,19)(H,23,24). The van der Waals surface area contributed by atoms with Crippen molar-refractivity contribution in [1.29, 1.82) is 5.41 Å². The van der Waals surface area contributed by atoms with Crippen LogP contribution in [0.4, 0.5) is 5.69 Å². The summed E-state index contributed by atoms with van der Waals surface area (Å²) in [6.45, 7) is 0.493. The van der Waals surface area contributed by atoms with E-state index in [-0.39, 0.29) is 11.4 Å². The maximum Gasteiger partial charge on any atom is 0.335 e. The number of nitrogen functional groups attached to an aromatic ring is 1. The van der Waals surface area contributed by atoms with Gasteiger partial charge in [0.2, 0.25) is 0 Å². The van der Waals surface area contributed by atoms with Gasteiger partial charge in [-0.2, -0.15) is 0 Å². The Kier molecular flexibility index (Phi) is 3.91. The SMILES string of the molecule is Cn1c(CNc2ccc(C(=N)N)cc2)nc2cc(C(=O)O)ccc21. The number of nitrogens with zero attached hydrogens (tertiary/aromatic N) is 2. The molecule has 7 nitrogen and oxygen atoms in total. The van der Waals surface area contributed by atoms with Crippen LogP contribution in [-0.4, -0.2) is 26.5 Å². The summed E-state index contributed by atoms with van der Waals surface area (Å²) in [5.41, 5.74) is 8.75. The minimum absolute atomic E-state index is 0.0335. The van der Waals surface area contributed by atoms with Gasteiger partial charge in [0.1, 0.15) is 11.7 Å². The molecule has 0 aliphatic carbocycles. The number of benzene rings is 2. The van der Waals surface area contributed by atoms with Gasteiger partial charge in [-0.15, -0.1) is 0 Å². The molecule has 0 amide bonds. The fourth-order valence-corrected chi connectivity index (χ4v) is 2.49. The summed E-state index contributed by atoms with van der Waals surface area (Å²) >= 11 is 0. The van der Waals surface area contributed by atoms with Crippen molar-refractivity contribution >= 4 is 28.5 Å². The van der Waals surface area contributed by atoms with Crippen LogP contribution in [0.5, 0.6) is 0 Å². The third-order valence-electron chi connectivity index (χ3n) is 3.87. The summed E-state index contributed by atoms with van der Waals surface area (Å²) in [7, 11) is 1.89. The monoisotopic (exact) mass is 323 g/mol. The third kappa shape index (κ3) is 2.91. The van der Waals surface area contributed by atoms with E-state index < -0.39 is 5.97 Å². The number of hydrogen-bond acceptors (Lipinski definition) is 4. The summed E-state index contributed by atoms with van der Waals surface area (Å²) in [6, 6.07) is 12.2. The van der Waals surface area contributed by atoms with Gasteiger partial charge in [-0.1, -0.05) is 0 Å². The van der Waals surface area contributed by atoms with Crippen LogP contribution in [0.15, 0.2) is 42.5 Å². The zero-order chi connectivity index (χ0) is 17.3. The number of carboxylic acids is 1. The summed E-state index contributed by atoms with van der Waals surface area (Å²) in [4.78, 5) is 15.6. The zero-order valence-electron chi connectivity index (χ0n) is 13.1. The number of carboxylic acid groups (broad SMARTS) is 1. The van der Waals surface area contributed by atoms with Crippen molar-refractivity contribution in [2.75, 3.05) is 5.32 Å². The number of amidine groups is 1. The lowest BCUT2D eigenvalue weighted by atomic mass is 10.2. The van der Waals surface area contributed by atoms with Crippen molar-refractivity contribution in [2.45, 2.75) is 6.54 Å². The van der Waals surface area contributed by atoms with Gasteiger partial charge in [-0.3, -0.25) is 5.41 Å². The smallest absolute Gasteiger partial charge is 0.335 e. The Morgan fingerprint density at radius 1 is 1.25 bits per heavy atom. The van der Waals surface area contributed by atoms with E-state index in [9.17, 15) is 4.79 Å². The van der Waals surface area contributed by atoms with Crippen LogP contribution in [0.25, 0.3) is 11.0 Å². The number of rotatable bonds is 5. The van der Waals surface area contributed by atoms with Gasteiger partial charge >= 0.3 is 5.97 Å². The minimum atomic E-state index is -0.965. The highest BCUT2D eigenvalue weighted by Gasteiger charge is 2.10. The van der Waals surface area contributed by atoms with Gasteiger partial charge in [0, 0.05) is 18.3 Å². The van der Waals surface area contributed by atoms with Crippen LogP contribution in [-0.2, 0) is 13.6 Å². The number of nitrogens with one attached hydrogen (secondary N) is 2. The third-order valence-corrected chi connectivity index (χ3v) is 3.87. The van der Waals surface area contributed by atoms with E-state index >= 15 is 0 Å². The normalized spacial score (nSPS) is 10.7. The van der Waals surface area contributed by atoms with E-state index in [0.717, 1.165) is 17.0 Å². The largest absolute Gasteiger partial charge is 0.478 e. The lowest BCUT2D eigenvalue weighted by Crippen LogP contribution is -2.11. The average molecular weight is 323 g/mol. The fourth-order valence-electron chi connectivity index (χ4n) is 2.49. The first-order chi connectivity index (χ1) is 11.5. The fraction of sp³-hybridized carbons (Fsp3) is 0.118. The second-order valence-electron chi connectivity index (χ2n) is 5.44. The molecule has 0 saturated carbocycles. The van der Waals surface area contributed by atoms with Crippen LogP contribution < -0.4 is 11.1 Å². The zero-order valence-corrected chi connectivity index (χ0v) is 13.1. The molecule has 0 aliphatic heterocycles. The van der Waals surface area contributed by atoms with Crippen LogP contribution >= 0.6 is 0 Å². The Hall–Kier alpha value is -3.35. The van der Waals surface area contributed by atoms with Crippen LogP contribution in [0.3, 0.4) is 0 Å². The summed E-state index contributed by atoms with van der Waals surface area (Å²) in [5.74, 6) is -0.137. The van der Waals surface area contributed by atoms with Crippen LogP contribution in [0.1, 0.15) is 21.7 Å². The molecule has 0 spiro atoms. The van der Waals surface area contributed by atoms with E-state index in [0.29, 0.717) is 17.6 Å². The van der Waals surface area contributed by atoms with E-state index in [2.05, 4.69) is 10.3 Å². The maximum absolute atomic E-state index is 11.1. The number of anilines is 1. The topological polar surface area (TPSA) is 117 Å². The number of aryl methyl sites for hydroxylation is 1. The number of aromatic carboxylic acids is 1. The molecule has 3 aromatic rings. The first kappa shape index (κ1) is 15.5. The van der Waals surface area contributed by atoms with Gasteiger partial charge in [0.15, 0.2) is 0 Å². The molecular weight excluding hydrogens is 306 g/mol. The van der Waals surface area contributed by atoms with Gasteiger partial charge in [0.25, 0.3) is 0 Å². The Labute approximate surface area is 138 Å². The molecular formula is C17H17N5O2. The molecule has 3 rings (SSSR count). The summed E-state index contributed by atoms with van der Waals surface area (Å²) in [6.07, 6.45) is 0. The van der Waals surface area contributed by atoms with Crippen molar-refractivity contribution < 1.29 is 9.90 Å². The molecule has 122 valence electrons. The van der Waals surface area contributed by atoms with Gasteiger partial charge in [-0.25, -0.2) is 9.78 Å². The molecule has 0 fully saturated rings. The van der Waals surface area contributed by atoms with Gasteiger partial charge in [-0.05, 0) is 42.5 Å². The maximum atomic E-state index is 11.1. The van der Waals surface area contributed by atoms with Crippen molar-refractivity contribution in [3.05, 3.63) is 59.4 Å². The average Bonchev–Trinajstić information content (AvgIpc) is 2.89. The quantitative estimate of drug-likeness (QED) is 0.424. The number of nitrogens with two attached hydrogens (primary N) is 1. The lowest BCUT2D eigenvalue weighted by molar-refractivity contribution is 0.0697. The lowest BCUT2D eigenvalue weighted by Gasteiger charge is -2.07. The Morgan fingerprint density at radius 2 is 1.92 bits per heavy atom. The molecule has 24 heavy (non-hydrogen) atoms. The van der Waals surface area contributed by atoms with Gasteiger partial charge < -0.3 is 20.7 Å². The molecule has 1 aromatic heterocycles. The molecule has 0 saturated heterocycles. The van der Waals surface area contributed by atoms with E-state index in [1.54, 1.807) is 30.3 Å². The number of carbonyl (C=O) groups is 1. The highest BCUT2D eigenvalue weighted by atomic mass is 16.4. The minimum Gasteiger partial charge on any atom is -0.478 e. The predicted octanol–water partition coefficient (Wildman–Crippen LogP) is 2.17. The van der Waals surface area contributed by atoms with Crippen molar-refractivity contribution in [1.82, 2.24) is 9.55 Å². The Bertz CT molecular complexity index is 928. The highest BCUT2D eigenvalue weighted by Crippen LogP contribution is 2.18. The van der Waals surface area contributed by atoms with Crippen molar-refractivity contribution in [2.24, 2.45) is 12.8 Å². The molecule has 0 aliphatic rings. The first-order valence-corrected chi connectivity index (χ1v) is 7.32. The number of imidazole rings is 1. The van der Waals surface area contributed by atoms with Crippen LogP contribution in [0, 0.1) is 5.41 Å². The van der Waals surface area contributed by atoms with Crippen molar-refractivity contribution in [3.63, 3.8) is 0 Å². The molecule has 5 N–H and O–H groups in total. The van der Waals surface area contributed by atoms with E-state index in [4.69, 9.17) is 16.2 Å². The molecule has 0 unspecified atom stereocenters. The Morgan fingerprint density at radius 3 is 2.54 bits per heavy atom. The van der Waals surface area contributed by atoms with E-state index in [1.807, 2.05) is 23.7 Å². The Balaban J connectivity index is 1.81. The number of fused-ring (bicyclic) bond motifs is 1. The second kappa shape index (κ2) is 6.04. The molecule has 0 radical (unpaired) electrons.